The molecule has 1 heterocycles. The molecular formula is C43H87N5O5. The van der Waals surface area contributed by atoms with E-state index in [9.17, 15) is 24.0 Å². The lowest BCUT2D eigenvalue weighted by Crippen LogP contribution is -2.52. The highest BCUT2D eigenvalue weighted by molar-refractivity contribution is 6.37. The zero-order chi connectivity index (χ0) is 41.2. The van der Waals surface area contributed by atoms with Crippen molar-refractivity contribution in [1.29, 1.82) is 0 Å². The van der Waals surface area contributed by atoms with E-state index in [4.69, 9.17) is 5.73 Å². The second kappa shape index (κ2) is 35.2. The maximum absolute atomic E-state index is 12.9. The molecule has 1 aliphatic heterocycles. The van der Waals surface area contributed by atoms with E-state index in [1.165, 1.54) is 84.0 Å². The number of nitrogens with zero attached hydrogens (tertiary/aromatic N) is 1. The molecule has 5 N–H and O–H groups in total. The molecule has 4 amide bonds. The number of unbranched alkanes of at least 4 members (excludes halogenated alkanes) is 3. The van der Waals surface area contributed by atoms with E-state index in [-0.39, 0.29) is 17.5 Å². The molecule has 2 saturated carbocycles. The van der Waals surface area contributed by atoms with Gasteiger partial charge in [0, 0.05) is 24.5 Å². The fourth-order valence-corrected chi connectivity index (χ4v) is 6.24. The van der Waals surface area contributed by atoms with Crippen LogP contribution in [0.15, 0.2) is 0 Å². The number of carbonyl (C=O) groups is 5. The van der Waals surface area contributed by atoms with Gasteiger partial charge in [0.25, 0.3) is 5.91 Å². The summed E-state index contributed by atoms with van der Waals surface area (Å²) < 4.78 is 0. The SMILES string of the molecule is CC.CC1(NC=O)CCCCC1.CCC(C)C.CCCC.CCCCC.CNC(CC(=O)N1CCCC1C(=O)NC(C)C(=O)C(N)=O)C1CCCCC1. The highest BCUT2D eigenvalue weighted by Gasteiger charge is 2.37. The van der Waals surface area contributed by atoms with Crippen molar-refractivity contribution < 1.29 is 24.0 Å². The normalized spacial score (nSPS) is 18.5. The second-order valence-electron chi connectivity index (χ2n) is 15.2. The standard InChI is InChI=1S/C19H32N4O4.C8H15NO.2C5H12.C4H10.C2H6/c1-12(17(25)18(20)26)22-19(27)15-9-6-10-23(15)16(24)11-14(21-2)13-7-4-3-5-8-13;1-8(9-7-10)5-3-2-4-6-8;1-4-5(2)3;1-3-5-4-2;1-3-4-2;1-2/h12-15,21H,3-11H2,1-2H3,(H2,20,26)(H,22,27);7H,2-6H2,1H3,(H,9,10);5H,4H2,1-3H3;3-5H2,1-2H3;3-4H2,1-2H3;1-2H3. The number of likely N-dealkylation sites (tertiary alicyclic amines) is 1. The number of nitrogens with one attached hydrogen (secondary N) is 3. The fraction of sp³-hybridized carbons (Fsp3) is 0.884. The predicted molar refractivity (Wildman–Crippen MR) is 224 cm³/mol. The van der Waals surface area contributed by atoms with E-state index >= 15 is 0 Å². The molecule has 2 aliphatic carbocycles. The molecule has 3 atom stereocenters. The lowest BCUT2D eigenvalue weighted by atomic mass is 9.82. The Morgan fingerprint density at radius 1 is 0.811 bits per heavy atom. The van der Waals surface area contributed by atoms with Crippen LogP contribution in [0, 0.1) is 11.8 Å². The summed E-state index contributed by atoms with van der Waals surface area (Å²) in [4.78, 5) is 59.7. The average molecular weight is 754 g/mol. The molecule has 3 unspecified atom stereocenters. The Morgan fingerprint density at radius 3 is 1.72 bits per heavy atom. The van der Waals surface area contributed by atoms with E-state index in [0.717, 1.165) is 44.4 Å². The van der Waals surface area contributed by atoms with E-state index in [1.54, 1.807) is 4.90 Å². The van der Waals surface area contributed by atoms with Crippen molar-refractivity contribution in [2.45, 2.75) is 222 Å². The highest BCUT2D eigenvalue weighted by Crippen LogP contribution is 2.29. The summed E-state index contributed by atoms with van der Waals surface area (Å²) in [6.45, 7) is 23.5. The van der Waals surface area contributed by atoms with Crippen molar-refractivity contribution in [3.63, 3.8) is 0 Å². The van der Waals surface area contributed by atoms with Crippen molar-refractivity contribution in [3.8, 4) is 0 Å². The van der Waals surface area contributed by atoms with Crippen molar-refractivity contribution in [3.05, 3.63) is 0 Å². The molecule has 0 aromatic rings. The summed E-state index contributed by atoms with van der Waals surface area (Å²) in [5, 5.41) is 8.69. The summed E-state index contributed by atoms with van der Waals surface area (Å²) in [6.07, 6.45) is 22.6. The molecule has 3 aliphatic rings. The van der Waals surface area contributed by atoms with Gasteiger partial charge in [-0.1, -0.05) is 139 Å². The molecule has 0 spiro atoms. The van der Waals surface area contributed by atoms with E-state index in [2.05, 4.69) is 71.3 Å². The number of amides is 4. The van der Waals surface area contributed by atoms with Crippen LogP contribution in [0.3, 0.4) is 0 Å². The van der Waals surface area contributed by atoms with Crippen LogP contribution in [-0.2, 0) is 24.0 Å². The van der Waals surface area contributed by atoms with Crippen LogP contribution in [0.2, 0.25) is 0 Å². The van der Waals surface area contributed by atoms with Gasteiger partial charge in [-0.15, -0.1) is 0 Å². The van der Waals surface area contributed by atoms with E-state index < -0.39 is 29.7 Å². The van der Waals surface area contributed by atoms with Gasteiger partial charge in [-0.2, -0.15) is 0 Å². The van der Waals surface area contributed by atoms with Crippen LogP contribution < -0.4 is 21.7 Å². The summed E-state index contributed by atoms with van der Waals surface area (Å²) in [5.74, 6) is -0.975. The summed E-state index contributed by atoms with van der Waals surface area (Å²) in [7, 11) is 1.89. The Labute approximate surface area is 327 Å². The minimum absolute atomic E-state index is 0.0357. The topological polar surface area (TPSA) is 151 Å². The van der Waals surface area contributed by atoms with Gasteiger partial charge in [-0.3, -0.25) is 24.0 Å². The maximum atomic E-state index is 12.9. The number of Topliss-reactive ketones (excluding diaryl/α,β-unsaturated/α-hetero) is 1. The molecule has 0 bridgehead atoms. The lowest BCUT2D eigenvalue weighted by Gasteiger charge is -2.32. The van der Waals surface area contributed by atoms with Gasteiger partial charge < -0.3 is 26.6 Å². The van der Waals surface area contributed by atoms with Gasteiger partial charge >= 0.3 is 0 Å². The zero-order valence-corrected chi connectivity index (χ0v) is 36.7. The molecule has 53 heavy (non-hydrogen) atoms. The second-order valence-corrected chi connectivity index (χ2v) is 15.2. The third-order valence-electron chi connectivity index (χ3n) is 10.2. The van der Waals surface area contributed by atoms with Gasteiger partial charge in [0.1, 0.15) is 6.04 Å². The molecule has 10 nitrogen and oxygen atoms in total. The molecule has 1 saturated heterocycles. The largest absolute Gasteiger partial charge is 0.363 e. The monoisotopic (exact) mass is 754 g/mol. The van der Waals surface area contributed by atoms with Gasteiger partial charge in [0.2, 0.25) is 24.0 Å². The number of hydrogen-bond donors (Lipinski definition) is 4. The first-order chi connectivity index (χ1) is 25.2. The number of ketones is 1. The molecule has 0 aromatic heterocycles. The number of carbonyl (C=O) groups excluding carboxylic acids is 5. The Morgan fingerprint density at radius 2 is 1.32 bits per heavy atom. The van der Waals surface area contributed by atoms with E-state index in [0.29, 0.717) is 25.3 Å². The first kappa shape index (κ1) is 54.9. The Hall–Kier alpha value is -2.49. The summed E-state index contributed by atoms with van der Waals surface area (Å²) in [5.41, 5.74) is 5.08. The summed E-state index contributed by atoms with van der Waals surface area (Å²) >= 11 is 0. The number of primary amides is 1. The molecule has 10 heteroatoms. The molecule has 314 valence electrons. The van der Waals surface area contributed by atoms with Gasteiger partial charge in [-0.25, -0.2) is 0 Å². The molecule has 0 aromatic carbocycles. The Balaban J connectivity index is -0.000000778. The van der Waals surface area contributed by atoms with Crippen molar-refractivity contribution in [1.82, 2.24) is 20.9 Å². The predicted octanol–water partition coefficient (Wildman–Crippen LogP) is 8.63. The van der Waals surface area contributed by atoms with Crippen molar-refractivity contribution >= 4 is 29.9 Å². The number of nitrogens with two attached hydrogens (primary N) is 1. The fourth-order valence-electron chi connectivity index (χ4n) is 6.24. The number of rotatable bonds is 14. The lowest BCUT2D eigenvalue weighted by molar-refractivity contribution is -0.141. The maximum Gasteiger partial charge on any atom is 0.287 e. The van der Waals surface area contributed by atoms with Crippen LogP contribution in [0.4, 0.5) is 0 Å². The minimum Gasteiger partial charge on any atom is -0.363 e. The first-order valence-electron chi connectivity index (χ1n) is 21.5. The zero-order valence-electron chi connectivity index (χ0n) is 36.7. The van der Waals surface area contributed by atoms with Crippen LogP contribution in [0.1, 0.15) is 198 Å². The Kier molecular flexibility index (Phi) is 36.5. The third-order valence-corrected chi connectivity index (χ3v) is 10.2. The van der Waals surface area contributed by atoms with Crippen molar-refractivity contribution in [2.75, 3.05) is 13.6 Å². The Bertz CT molecular complexity index is 928. The smallest absolute Gasteiger partial charge is 0.287 e. The highest BCUT2D eigenvalue weighted by atomic mass is 16.2. The van der Waals surface area contributed by atoms with Crippen LogP contribution in [-0.4, -0.2) is 72.1 Å². The van der Waals surface area contributed by atoms with E-state index in [1.807, 2.05) is 20.9 Å². The minimum atomic E-state index is -1.08. The molecule has 0 radical (unpaired) electrons. The van der Waals surface area contributed by atoms with Gasteiger partial charge in [0.15, 0.2) is 0 Å². The number of hydrogen-bond acceptors (Lipinski definition) is 6. The molecular weight excluding hydrogens is 667 g/mol. The van der Waals surface area contributed by atoms with Crippen LogP contribution in [0.5, 0.6) is 0 Å². The van der Waals surface area contributed by atoms with Crippen LogP contribution >= 0.6 is 0 Å². The van der Waals surface area contributed by atoms with Crippen LogP contribution in [0.25, 0.3) is 0 Å². The molecule has 3 fully saturated rings. The average Bonchev–Trinajstić information content (AvgIpc) is 3.67. The van der Waals surface area contributed by atoms with Gasteiger partial charge in [0.05, 0.1) is 6.04 Å². The summed E-state index contributed by atoms with van der Waals surface area (Å²) in [6, 6.07) is -1.46. The first-order valence-corrected chi connectivity index (χ1v) is 21.5. The third kappa shape index (κ3) is 26.9. The van der Waals surface area contributed by atoms with Gasteiger partial charge in [-0.05, 0) is 71.3 Å². The molecule has 3 rings (SSSR count). The quantitative estimate of drug-likeness (QED) is 0.103. The van der Waals surface area contributed by atoms with Crippen molar-refractivity contribution in [2.24, 2.45) is 17.6 Å².